The first-order chi connectivity index (χ1) is 14.4. The summed E-state index contributed by atoms with van der Waals surface area (Å²) in [6.07, 6.45) is 3.63. The third kappa shape index (κ3) is 6.16. The van der Waals surface area contributed by atoms with Crippen LogP contribution in [0.25, 0.3) is 0 Å². The van der Waals surface area contributed by atoms with Crippen molar-refractivity contribution in [2.75, 3.05) is 25.9 Å². The predicted molar refractivity (Wildman–Crippen MR) is 110 cm³/mol. The number of likely N-dealkylation sites (tertiary alicyclic amines) is 1. The number of aromatic nitrogens is 1. The molecule has 0 saturated carbocycles. The maximum atomic E-state index is 12.4. The number of halogens is 2. The molecule has 2 amide bonds. The molecular weight excluding hydrogens is 412 g/mol. The van der Waals surface area contributed by atoms with Crippen molar-refractivity contribution in [2.45, 2.75) is 31.0 Å². The van der Waals surface area contributed by atoms with Crippen molar-refractivity contribution < 1.29 is 23.1 Å². The van der Waals surface area contributed by atoms with Crippen LogP contribution in [0.2, 0.25) is 0 Å². The maximum Gasteiger partial charge on any atom is 0.387 e. The first-order valence-corrected chi connectivity index (χ1v) is 10.6. The Morgan fingerprint density at radius 1 is 1.17 bits per heavy atom. The Balaban J connectivity index is 1.46. The van der Waals surface area contributed by atoms with Gasteiger partial charge in [0.1, 0.15) is 5.75 Å². The zero-order chi connectivity index (χ0) is 21.5. The van der Waals surface area contributed by atoms with Gasteiger partial charge in [-0.1, -0.05) is 23.9 Å². The number of amides is 2. The Morgan fingerprint density at radius 3 is 2.47 bits per heavy atom. The zero-order valence-corrected chi connectivity index (χ0v) is 17.4. The van der Waals surface area contributed by atoms with E-state index >= 15 is 0 Å². The zero-order valence-electron chi connectivity index (χ0n) is 16.6. The number of benzene rings is 1. The average molecular weight is 435 g/mol. The maximum absolute atomic E-state index is 12.4. The minimum absolute atomic E-state index is 0.00247. The SMILES string of the molecule is CN(Cc1ccc(OC(F)F)cc1)C(=O)CSc1ccc(C(=O)N2CCCC2)cn1. The molecule has 0 spiro atoms. The van der Waals surface area contributed by atoms with Gasteiger partial charge in [-0.05, 0) is 42.7 Å². The van der Waals surface area contributed by atoms with Gasteiger partial charge in [-0.25, -0.2) is 4.98 Å². The van der Waals surface area contributed by atoms with E-state index in [1.807, 2.05) is 4.90 Å². The van der Waals surface area contributed by atoms with E-state index in [9.17, 15) is 18.4 Å². The summed E-state index contributed by atoms with van der Waals surface area (Å²) in [6.45, 7) is -0.931. The van der Waals surface area contributed by atoms with Crippen LogP contribution in [0.15, 0.2) is 47.6 Å². The van der Waals surface area contributed by atoms with Crippen LogP contribution in [0, 0.1) is 0 Å². The van der Waals surface area contributed by atoms with Crippen LogP contribution in [0.1, 0.15) is 28.8 Å². The molecule has 1 aliphatic heterocycles. The highest BCUT2D eigenvalue weighted by Gasteiger charge is 2.19. The molecule has 1 aliphatic rings. The van der Waals surface area contributed by atoms with E-state index in [0.29, 0.717) is 17.1 Å². The molecule has 1 fully saturated rings. The molecule has 1 aromatic carbocycles. The Hall–Kier alpha value is -2.68. The second-order valence-electron chi connectivity index (χ2n) is 6.95. The van der Waals surface area contributed by atoms with Crippen molar-refractivity contribution in [3.05, 3.63) is 53.7 Å². The molecule has 2 aromatic rings. The Bertz CT molecular complexity index is 857. The van der Waals surface area contributed by atoms with Gasteiger partial charge in [0.15, 0.2) is 0 Å². The summed E-state index contributed by atoms with van der Waals surface area (Å²) in [7, 11) is 1.68. The number of rotatable bonds is 8. The summed E-state index contributed by atoms with van der Waals surface area (Å²) in [4.78, 5) is 32.4. The van der Waals surface area contributed by atoms with Crippen LogP contribution in [-0.4, -0.2) is 59.1 Å². The lowest BCUT2D eigenvalue weighted by atomic mass is 10.2. The summed E-state index contributed by atoms with van der Waals surface area (Å²) in [6, 6.07) is 9.68. The van der Waals surface area contributed by atoms with E-state index in [1.54, 1.807) is 42.4 Å². The number of hydrogen-bond acceptors (Lipinski definition) is 5. The van der Waals surface area contributed by atoms with E-state index in [4.69, 9.17) is 0 Å². The van der Waals surface area contributed by atoms with E-state index in [0.717, 1.165) is 31.5 Å². The van der Waals surface area contributed by atoms with E-state index in [2.05, 4.69) is 9.72 Å². The molecule has 0 N–H and O–H groups in total. The smallest absolute Gasteiger partial charge is 0.387 e. The fourth-order valence-electron chi connectivity index (χ4n) is 3.08. The third-order valence-electron chi connectivity index (χ3n) is 4.71. The monoisotopic (exact) mass is 435 g/mol. The Morgan fingerprint density at radius 2 is 1.87 bits per heavy atom. The lowest BCUT2D eigenvalue weighted by Crippen LogP contribution is -2.28. The van der Waals surface area contributed by atoms with Gasteiger partial charge in [0.25, 0.3) is 5.91 Å². The molecule has 1 saturated heterocycles. The van der Waals surface area contributed by atoms with Crippen LogP contribution in [0.5, 0.6) is 5.75 Å². The number of thioether (sulfide) groups is 1. The number of hydrogen-bond donors (Lipinski definition) is 0. The average Bonchev–Trinajstić information content (AvgIpc) is 3.28. The minimum atomic E-state index is -2.86. The van der Waals surface area contributed by atoms with E-state index in [-0.39, 0.29) is 23.3 Å². The molecule has 2 heterocycles. The van der Waals surface area contributed by atoms with Gasteiger partial charge < -0.3 is 14.5 Å². The molecule has 0 unspecified atom stereocenters. The van der Waals surface area contributed by atoms with Crippen molar-refractivity contribution in [1.29, 1.82) is 0 Å². The van der Waals surface area contributed by atoms with Gasteiger partial charge in [0, 0.05) is 32.9 Å². The molecule has 1 aromatic heterocycles. The topological polar surface area (TPSA) is 62.7 Å². The quantitative estimate of drug-likeness (QED) is 0.592. The van der Waals surface area contributed by atoms with Crippen LogP contribution in [0.3, 0.4) is 0 Å². The molecule has 3 rings (SSSR count). The minimum Gasteiger partial charge on any atom is -0.435 e. The lowest BCUT2D eigenvalue weighted by Gasteiger charge is -2.17. The molecule has 0 aliphatic carbocycles. The van der Waals surface area contributed by atoms with Crippen LogP contribution >= 0.6 is 11.8 Å². The van der Waals surface area contributed by atoms with Gasteiger partial charge in [-0.3, -0.25) is 9.59 Å². The van der Waals surface area contributed by atoms with Crippen LogP contribution in [-0.2, 0) is 11.3 Å². The summed E-state index contributed by atoms with van der Waals surface area (Å²) in [5, 5.41) is 0.670. The van der Waals surface area contributed by atoms with Gasteiger partial charge in [-0.2, -0.15) is 8.78 Å². The number of ether oxygens (including phenoxy) is 1. The number of pyridine rings is 1. The first-order valence-electron chi connectivity index (χ1n) is 9.58. The molecule has 30 heavy (non-hydrogen) atoms. The molecule has 0 radical (unpaired) electrons. The fraction of sp³-hybridized carbons (Fsp3) is 0.381. The Labute approximate surface area is 178 Å². The summed E-state index contributed by atoms with van der Waals surface area (Å²) in [5.41, 5.74) is 1.37. The number of carbonyl (C=O) groups excluding carboxylic acids is 2. The van der Waals surface area contributed by atoms with Crippen molar-refractivity contribution in [3.8, 4) is 5.75 Å². The second-order valence-corrected chi connectivity index (χ2v) is 7.94. The Kier molecular flexibility index (Phi) is 7.62. The number of alkyl halides is 2. The van der Waals surface area contributed by atoms with Crippen molar-refractivity contribution in [2.24, 2.45) is 0 Å². The number of nitrogens with zero attached hydrogens (tertiary/aromatic N) is 3. The largest absolute Gasteiger partial charge is 0.435 e. The lowest BCUT2D eigenvalue weighted by molar-refractivity contribution is -0.127. The van der Waals surface area contributed by atoms with Crippen LogP contribution in [0.4, 0.5) is 8.78 Å². The fourth-order valence-corrected chi connectivity index (χ4v) is 3.86. The second kappa shape index (κ2) is 10.4. The van der Waals surface area contributed by atoms with Crippen LogP contribution < -0.4 is 4.74 Å². The normalized spacial score (nSPS) is 13.5. The third-order valence-corrected chi connectivity index (χ3v) is 5.64. The van der Waals surface area contributed by atoms with Gasteiger partial charge in [0.2, 0.25) is 5.91 Å². The molecular formula is C21H23F2N3O3S. The van der Waals surface area contributed by atoms with Gasteiger partial charge >= 0.3 is 6.61 Å². The molecule has 6 nitrogen and oxygen atoms in total. The van der Waals surface area contributed by atoms with Crippen molar-refractivity contribution >= 4 is 23.6 Å². The molecule has 0 atom stereocenters. The standard InChI is InChI=1S/C21H23F2N3O3S/c1-25(13-15-4-7-17(8-5-15)29-21(22)23)19(27)14-30-18-9-6-16(12-24-18)20(28)26-10-2-3-11-26/h4-9,12,21H,2-3,10-11,13-14H2,1H3. The molecule has 0 bridgehead atoms. The highest BCUT2D eigenvalue weighted by atomic mass is 32.2. The highest BCUT2D eigenvalue weighted by molar-refractivity contribution is 7.99. The number of carbonyl (C=O) groups is 2. The first kappa shape index (κ1) is 22.0. The molecule has 160 valence electrons. The summed E-state index contributed by atoms with van der Waals surface area (Å²) >= 11 is 1.30. The highest BCUT2D eigenvalue weighted by Crippen LogP contribution is 2.19. The van der Waals surface area contributed by atoms with Gasteiger partial charge in [0.05, 0.1) is 16.3 Å². The van der Waals surface area contributed by atoms with Gasteiger partial charge in [-0.15, -0.1) is 0 Å². The predicted octanol–water partition coefficient (Wildman–Crippen LogP) is 3.67. The van der Waals surface area contributed by atoms with E-state index in [1.165, 1.54) is 23.9 Å². The van der Waals surface area contributed by atoms with E-state index < -0.39 is 6.61 Å². The van der Waals surface area contributed by atoms with Crippen molar-refractivity contribution in [1.82, 2.24) is 14.8 Å². The van der Waals surface area contributed by atoms with Crippen molar-refractivity contribution in [3.63, 3.8) is 0 Å². The molecule has 9 heteroatoms. The summed E-state index contributed by atoms with van der Waals surface area (Å²) in [5.74, 6) is 0.190. The summed E-state index contributed by atoms with van der Waals surface area (Å²) < 4.78 is 28.7.